The molecule has 0 bridgehead atoms. The van der Waals surface area contributed by atoms with Crippen molar-refractivity contribution >= 4 is 29.1 Å². The molecule has 0 unspecified atom stereocenters. The van der Waals surface area contributed by atoms with Crippen LogP contribution in [0.4, 0.5) is 5.69 Å². The highest BCUT2D eigenvalue weighted by molar-refractivity contribution is 6.30. The summed E-state index contributed by atoms with van der Waals surface area (Å²) < 4.78 is 1.60. The van der Waals surface area contributed by atoms with Gasteiger partial charge in [-0.15, -0.1) is 5.10 Å². The van der Waals surface area contributed by atoms with E-state index >= 15 is 0 Å². The van der Waals surface area contributed by atoms with Crippen LogP contribution in [-0.4, -0.2) is 26.6 Å². The minimum Gasteiger partial charge on any atom is -0.345 e. The number of halogens is 1. The van der Waals surface area contributed by atoms with E-state index < -0.39 is 0 Å². The smallest absolute Gasteiger partial charge is 0.291 e. The first-order valence-electron chi connectivity index (χ1n) is 9.33. The number of rotatable bonds is 7. The highest BCUT2D eigenvalue weighted by atomic mass is 35.5. The van der Waals surface area contributed by atoms with Gasteiger partial charge in [0, 0.05) is 23.7 Å². The number of anilines is 1. The van der Waals surface area contributed by atoms with Crippen LogP contribution in [0, 0.1) is 6.92 Å². The Kier molecular flexibility index (Phi) is 6.61. The number of carbonyl (C=O) groups excluding carboxylic acids is 2. The summed E-state index contributed by atoms with van der Waals surface area (Å²) in [6, 6.07) is 14.5. The van der Waals surface area contributed by atoms with Crippen LogP contribution >= 0.6 is 11.6 Å². The molecule has 0 fully saturated rings. The van der Waals surface area contributed by atoms with Crippen LogP contribution in [0.3, 0.4) is 0 Å². The topological polar surface area (TPSA) is 88.9 Å². The second kappa shape index (κ2) is 9.34. The lowest BCUT2D eigenvalue weighted by molar-refractivity contribution is -0.116. The Morgan fingerprint density at radius 3 is 2.41 bits per heavy atom. The summed E-state index contributed by atoms with van der Waals surface area (Å²) in [5, 5.41) is 10.6. The molecule has 0 radical (unpaired) electrons. The summed E-state index contributed by atoms with van der Waals surface area (Å²) in [5.41, 5.74) is 2.41. The fourth-order valence-electron chi connectivity index (χ4n) is 2.73. The van der Waals surface area contributed by atoms with Crippen molar-refractivity contribution in [3.05, 3.63) is 70.8 Å². The molecule has 1 heterocycles. The second-order valence-corrected chi connectivity index (χ2v) is 6.99. The van der Waals surface area contributed by atoms with Gasteiger partial charge in [0.05, 0.1) is 5.69 Å². The lowest BCUT2D eigenvalue weighted by Crippen LogP contribution is -2.24. The third-order valence-electron chi connectivity index (χ3n) is 4.21. The Labute approximate surface area is 174 Å². The van der Waals surface area contributed by atoms with Crippen LogP contribution in [0.15, 0.2) is 48.5 Å². The summed E-state index contributed by atoms with van der Waals surface area (Å²) in [6.45, 7) is 4.07. The van der Waals surface area contributed by atoms with Gasteiger partial charge < -0.3 is 10.6 Å². The van der Waals surface area contributed by atoms with Crippen molar-refractivity contribution < 1.29 is 9.59 Å². The molecule has 0 aliphatic heterocycles. The van der Waals surface area contributed by atoms with E-state index in [1.165, 1.54) is 0 Å². The van der Waals surface area contributed by atoms with E-state index in [4.69, 9.17) is 11.6 Å². The van der Waals surface area contributed by atoms with E-state index in [1.54, 1.807) is 23.7 Å². The number of nitrogens with one attached hydrogen (secondary N) is 2. The van der Waals surface area contributed by atoms with E-state index in [0.717, 1.165) is 23.4 Å². The first kappa shape index (κ1) is 20.5. The molecule has 0 aliphatic carbocycles. The molecule has 0 spiro atoms. The summed E-state index contributed by atoms with van der Waals surface area (Å²) in [5.74, 6) is 0.331. The van der Waals surface area contributed by atoms with E-state index in [9.17, 15) is 9.59 Å². The molecular weight excluding hydrogens is 390 g/mol. The lowest BCUT2D eigenvalue weighted by atomic mass is 10.2. The molecule has 1 aromatic heterocycles. The van der Waals surface area contributed by atoms with Crippen LogP contribution in [0.1, 0.15) is 41.8 Å². The maximum absolute atomic E-state index is 12.4. The summed E-state index contributed by atoms with van der Waals surface area (Å²) in [7, 11) is 0. The fraction of sp³-hybridized carbons (Fsp3) is 0.238. The molecule has 3 rings (SSSR count). The van der Waals surface area contributed by atoms with Crippen molar-refractivity contribution in [3.8, 4) is 5.69 Å². The third-order valence-corrected chi connectivity index (χ3v) is 4.46. The first-order valence-corrected chi connectivity index (χ1v) is 9.70. The molecule has 8 heteroatoms. The zero-order valence-electron chi connectivity index (χ0n) is 16.3. The summed E-state index contributed by atoms with van der Waals surface area (Å²) in [6.07, 6.45) is 1.30. The number of nitrogens with zero attached hydrogens (tertiary/aromatic N) is 3. The number of hydrogen-bond donors (Lipinski definition) is 2. The molecule has 0 saturated heterocycles. The van der Waals surface area contributed by atoms with Crippen LogP contribution < -0.4 is 10.6 Å². The average molecular weight is 412 g/mol. The van der Waals surface area contributed by atoms with Gasteiger partial charge in [-0.1, -0.05) is 30.7 Å². The van der Waals surface area contributed by atoms with Gasteiger partial charge >= 0.3 is 0 Å². The predicted octanol–water partition coefficient (Wildman–Crippen LogP) is 3.90. The zero-order valence-corrected chi connectivity index (χ0v) is 17.0. The Balaban J connectivity index is 1.60. The SMILES string of the molecule is CCCC(=O)Nc1ccc(CNC(=O)c2nc(C)n(-c3ccc(Cl)cc3)n2)cc1. The molecule has 29 heavy (non-hydrogen) atoms. The Morgan fingerprint density at radius 2 is 1.76 bits per heavy atom. The van der Waals surface area contributed by atoms with E-state index in [1.807, 2.05) is 43.3 Å². The van der Waals surface area contributed by atoms with E-state index in [2.05, 4.69) is 20.7 Å². The molecule has 2 amide bonds. The standard InChI is InChI=1S/C21H22ClN5O2/c1-3-4-19(28)25-17-9-5-15(6-10-17)13-23-21(29)20-24-14(2)27(26-20)18-11-7-16(22)8-12-18/h5-12H,3-4,13H2,1-2H3,(H,23,29)(H,25,28). The van der Waals surface area contributed by atoms with Crippen LogP contribution in [-0.2, 0) is 11.3 Å². The van der Waals surface area contributed by atoms with Gasteiger partial charge in [0.25, 0.3) is 5.91 Å². The van der Waals surface area contributed by atoms with Crippen molar-refractivity contribution in [2.45, 2.75) is 33.2 Å². The molecule has 0 saturated carbocycles. The monoisotopic (exact) mass is 411 g/mol. The summed E-state index contributed by atoms with van der Waals surface area (Å²) >= 11 is 5.91. The van der Waals surface area contributed by atoms with E-state index in [0.29, 0.717) is 23.8 Å². The van der Waals surface area contributed by atoms with Crippen molar-refractivity contribution in [3.63, 3.8) is 0 Å². The van der Waals surface area contributed by atoms with Gasteiger partial charge in [0.1, 0.15) is 5.82 Å². The number of benzene rings is 2. The fourth-order valence-corrected chi connectivity index (χ4v) is 2.86. The molecular formula is C21H22ClN5O2. The van der Waals surface area contributed by atoms with Crippen molar-refractivity contribution in [1.29, 1.82) is 0 Å². The highest BCUT2D eigenvalue weighted by Gasteiger charge is 2.15. The number of aryl methyl sites for hydroxylation is 1. The van der Waals surface area contributed by atoms with Crippen LogP contribution in [0.25, 0.3) is 5.69 Å². The van der Waals surface area contributed by atoms with Gasteiger partial charge in [-0.05, 0) is 55.3 Å². The summed E-state index contributed by atoms with van der Waals surface area (Å²) in [4.78, 5) is 28.3. The minimum absolute atomic E-state index is 0.00808. The van der Waals surface area contributed by atoms with Gasteiger partial charge in [-0.2, -0.15) is 0 Å². The van der Waals surface area contributed by atoms with Gasteiger partial charge in [0.15, 0.2) is 0 Å². The van der Waals surface area contributed by atoms with E-state index in [-0.39, 0.29) is 17.6 Å². The van der Waals surface area contributed by atoms with Crippen molar-refractivity contribution in [2.75, 3.05) is 5.32 Å². The maximum atomic E-state index is 12.4. The first-order chi connectivity index (χ1) is 14.0. The van der Waals surface area contributed by atoms with Crippen molar-refractivity contribution in [2.24, 2.45) is 0 Å². The Morgan fingerprint density at radius 1 is 1.07 bits per heavy atom. The zero-order chi connectivity index (χ0) is 20.8. The number of aromatic nitrogens is 3. The maximum Gasteiger partial charge on any atom is 0.291 e. The third kappa shape index (κ3) is 5.42. The quantitative estimate of drug-likeness (QED) is 0.617. The minimum atomic E-state index is -0.360. The van der Waals surface area contributed by atoms with Crippen molar-refractivity contribution in [1.82, 2.24) is 20.1 Å². The van der Waals surface area contributed by atoms with Gasteiger partial charge in [-0.25, -0.2) is 9.67 Å². The normalized spacial score (nSPS) is 10.6. The molecule has 0 atom stereocenters. The molecule has 2 aromatic carbocycles. The number of carbonyl (C=O) groups is 2. The van der Waals surface area contributed by atoms with Gasteiger partial charge in [0.2, 0.25) is 11.7 Å². The second-order valence-electron chi connectivity index (χ2n) is 6.55. The molecule has 7 nitrogen and oxygen atoms in total. The lowest BCUT2D eigenvalue weighted by Gasteiger charge is -2.07. The average Bonchev–Trinajstić information content (AvgIpc) is 3.10. The predicted molar refractivity (Wildman–Crippen MR) is 112 cm³/mol. The van der Waals surface area contributed by atoms with Crippen LogP contribution in [0.5, 0.6) is 0 Å². The Bertz CT molecular complexity index is 997. The molecule has 150 valence electrons. The number of hydrogen-bond acceptors (Lipinski definition) is 4. The molecule has 3 aromatic rings. The Hall–Kier alpha value is -3.19. The van der Waals surface area contributed by atoms with Gasteiger partial charge in [-0.3, -0.25) is 9.59 Å². The highest BCUT2D eigenvalue weighted by Crippen LogP contribution is 2.14. The largest absolute Gasteiger partial charge is 0.345 e. The number of amides is 2. The molecule has 0 aliphatic rings. The molecule has 2 N–H and O–H groups in total. The van der Waals surface area contributed by atoms with Crippen LogP contribution in [0.2, 0.25) is 5.02 Å².